The van der Waals surface area contributed by atoms with Crippen molar-refractivity contribution >= 4 is 17.5 Å². The number of nitrogens with one attached hydrogen (secondary N) is 1. The maximum atomic E-state index is 14.0. The van der Waals surface area contributed by atoms with Gasteiger partial charge < -0.3 is 19.3 Å². The molecule has 0 bridgehead atoms. The summed E-state index contributed by atoms with van der Waals surface area (Å²) in [5.74, 6) is 0.999. The molecule has 2 aromatic rings. The van der Waals surface area contributed by atoms with Gasteiger partial charge in [-0.2, -0.15) is 0 Å². The second-order valence-corrected chi connectivity index (χ2v) is 7.18. The van der Waals surface area contributed by atoms with Gasteiger partial charge in [-0.15, -0.1) is 0 Å². The van der Waals surface area contributed by atoms with Crippen LogP contribution in [0.15, 0.2) is 36.4 Å². The van der Waals surface area contributed by atoms with Crippen LogP contribution in [0.25, 0.3) is 0 Å². The fourth-order valence-electron chi connectivity index (χ4n) is 3.51. The predicted octanol–water partition coefficient (Wildman–Crippen LogP) is 1.79. The molecule has 4 rings (SSSR count). The van der Waals surface area contributed by atoms with E-state index in [0.29, 0.717) is 60.5 Å². The molecule has 0 atom stereocenters. The Morgan fingerprint density at radius 1 is 1.11 bits per heavy atom. The number of carbonyl (C=O) groups is 1. The minimum absolute atomic E-state index is 0.0186. The average molecular weight is 392 g/mol. The van der Waals surface area contributed by atoms with Crippen molar-refractivity contribution in [1.29, 1.82) is 0 Å². The van der Waals surface area contributed by atoms with E-state index < -0.39 is 0 Å². The summed E-state index contributed by atoms with van der Waals surface area (Å²) in [6, 6.07) is 10.1. The Balaban J connectivity index is 1.38. The van der Waals surface area contributed by atoms with Gasteiger partial charge in [-0.25, -0.2) is 4.39 Å². The van der Waals surface area contributed by atoms with Gasteiger partial charge in [0.25, 0.3) is 5.91 Å². The Morgan fingerprint density at radius 3 is 2.59 bits per heavy atom. The molecule has 1 saturated heterocycles. The number of hydrogen-bond donors (Lipinski definition) is 1. The monoisotopic (exact) mass is 391 g/mol. The first-order valence-corrected chi connectivity index (χ1v) is 9.45. The molecule has 0 spiro atoms. The molecular weight excluding hydrogens is 371 g/mol. The number of carbonyl (C=O) groups excluding carboxylic acids is 1. The molecule has 2 aliphatic rings. The highest BCUT2D eigenvalue weighted by molar-refractivity contribution is 6.31. The Hall–Kier alpha value is -2.31. The topological polar surface area (TPSA) is 43.2 Å². The summed E-state index contributed by atoms with van der Waals surface area (Å²) in [6.07, 6.45) is 0. The van der Waals surface area contributed by atoms with Crippen LogP contribution in [0.5, 0.6) is 11.5 Å². The Bertz CT molecular complexity index is 833. The van der Waals surface area contributed by atoms with Crippen LogP contribution in [0.1, 0.15) is 15.9 Å². The number of fused-ring (bicyclic) bond motifs is 1. The zero-order chi connectivity index (χ0) is 18.8. The van der Waals surface area contributed by atoms with E-state index in [2.05, 4.69) is 0 Å². The average Bonchev–Trinajstić information content (AvgIpc) is 2.70. The zero-order valence-electron chi connectivity index (χ0n) is 14.8. The van der Waals surface area contributed by atoms with Crippen molar-refractivity contribution in [2.24, 2.45) is 0 Å². The number of quaternary nitrogens is 1. The van der Waals surface area contributed by atoms with E-state index in [4.69, 9.17) is 21.1 Å². The van der Waals surface area contributed by atoms with Crippen molar-refractivity contribution < 1.29 is 23.6 Å². The lowest BCUT2D eigenvalue weighted by atomic mass is 10.1. The van der Waals surface area contributed by atoms with Gasteiger partial charge in [0, 0.05) is 5.56 Å². The first kappa shape index (κ1) is 18.1. The lowest BCUT2D eigenvalue weighted by Crippen LogP contribution is -3.13. The summed E-state index contributed by atoms with van der Waals surface area (Å²) in [5.41, 5.74) is 1.14. The number of rotatable bonds is 3. The highest BCUT2D eigenvalue weighted by Crippen LogP contribution is 2.31. The number of benzene rings is 2. The number of nitrogens with zero attached hydrogens (tertiary/aromatic N) is 1. The standard InChI is InChI=1S/C20H20ClFN2O3/c21-16-2-1-3-17(22)15(16)13-23-6-8-24(9-7-23)20(25)14-4-5-18-19(12-14)27-11-10-26-18/h1-5,12H,6-11,13H2/p+1. The molecule has 0 saturated carbocycles. The molecule has 1 fully saturated rings. The molecule has 2 aliphatic heterocycles. The smallest absolute Gasteiger partial charge is 0.254 e. The quantitative estimate of drug-likeness (QED) is 0.867. The number of hydrogen-bond acceptors (Lipinski definition) is 3. The third-order valence-corrected chi connectivity index (χ3v) is 5.39. The molecular formula is C20H21ClFN2O3+. The van der Waals surface area contributed by atoms with Gasteiger partial charge in [-0.3, -0.25) is 4.79 Å². The van der Waals surface area contributed by atoms with Crippen molar-refractivity contribution in [3.05, 3.63) is 58.4 Å². The highest BCUT2D eigenvalue weighted by atomic mass is 35.5. The van der Waals surface area contributed by atoms with E-state index >= 15 is 0 Å². The molecule has 5 nitrogen and oxygen atoms in total. The number of halogens is 2. The van der Waals surface area contributed by atoms with Crippen LogP contribution in [0.2, 0.25) is 5.02 Å². The number of ether oxygens (including phenoxy) is 2. The molecule has 7 heteroatoms. The molecule has 1 amide bonds. The fraction of sp³-hybridized carbons (Fsp3) is 0.350. The summed E-state index contributed by atoms with van der Waals surface area (Å²) in [6.45, 7) is 4.28. The maximum Gasteiger partial charge on any atom is 0.254 e. The van der Waals surface area contributed by atoms with Crippen LogP contribution < -0.4 is 14.4 Å². The largest absolute Gasteiger partial charge is 0.486 e. The van der Waals surface area contributed by atoms with Gasteiger partial charge in [0.05, 0.1) is 36.8 Å². The molecule has 0 radical (unpaired) electrons. The van der Waals surface area contributed by atoms with E-state index in [1.165, 1.54) is 11.0 Å². The minimum Gasteiger partial charge on any atom is -0.486 e. The third kappa shape index (κ3) is 3.87. The fourth-order valence-corrected chi connectivity index (χ4v) is 3.74. The normalized spacial score (nSPS) is 17.0. The lowest BCUT2D eigenvalue weighted by molar-refractivity contribution is -0.917. The van der Waals surface area contributed by atoms with Gasteiger partial charge >= 0.3 is 0 Å². The SMILES string of the molecule is O=C(c1ccc2c(c1)OCCO2)N1CC[NH+](Cc2c(F)cccc2Cl)CC1. The van der Waals surface area contributed by atoms with Crippen LogP contribution in [-0.2, 0) is 6.54 Å². The van der Waals surface area contributed by atoms with Crippen LogP contribution >= 0.6 is 11.6 Å². The highest BCUT2D eigenvalue weighted by Gasteiger charge is 2.26. The van der Waals surface area contributed by atoms with Crippen LogP contribution in [0.3, 0.4) is 0 Å². The van der Waals surface area contributed by atoms with E-state index in [-0.39, 0.29) is 11.7 Å². The maximum absolute atomic E-state index is 14.0. The Kier molecular flexibility index (Phi) is 5.18. The van der Waals surface area contributed by atoms with E-state index in [0.717, 1.165) is 13.1 Å². The van der Waals surface area contributed by atoms with Gasteiger partial charge in [0.15, 0.2) is 11.5 Å². The van der Waals surface area contributed by atoms with Crippen LogP contribution in [0.4, 0.5) is 4.39 Å². The zero-order valence-corrected chi connectivity index (χ0v) is 15.6. The predicted molar refractivity (Wildman–Crippen MR) is 99.1 cm³/mol. The number of amides is 1. The van der Waals surface area contributed by atoms with Crippen molar-refractivity contribution in [3.63, 3.8) is 0 Å². The summed E-state index contributed by atoms with van der Waals surface area (Å²) in [5, 5.41) is 0.456. The lowest BCUT2D eigenvalue weighted by Gasteiger charge is -2.32. The van der Waals surface area contributed by atoms with Crippen molar-refractivity contribution in [2.45, 2.75) is 6.54 Å². The van der Waals surface area contributed by atoms with E-state index in [1.807, 2.05) is 4.90 Å². The summed E-state index contributed by atoms with van der Waals surface area (Å²) >= 11 is 6.13. The molecule has 0 aliphatic carbocycles. The first-order valence-electron chi connectivity index (χ1n) is 9.07. The summed E-state index contributed by atoms with van der Waals surface area (Å²) < 4.78 is 25.0. The van der Waals surface area contributed by atoms with Crippen molar-refractivity contribution in [1.82, 2.24) is 4.90 Å². The Morgan fingerprint density at radius 2 is 1.85 bits per heavy atom. The van der Waals surface area contributed by atoms with Crippen LogP contribution in [-0.4, -0.2) is 50.2 Å². The summed E-state index contributed by atoms with van der Waals surface area (Å²) in [7, 11) is 0. The molecule has 142 valence electrons. The minimum atomic E-state index is -0.273. The Labute approximate surface area is 162 Å². The van der Waals surface area contributed by atoms with Gasteiger partial charge in [0.1, 0.15) is 25.6 Å². The molecule has 27 heavy (non-hydrogen) atoms. The van der Waals surface area contributed by atoms with Gasteiger partial charge in [-0.1, -0.05) is 17.7 Å². The molecule has 0 aromatic heterocycles. The molecule has 2 aromatic carbocycles. The van der Waals surface area contributed by atoms with Crippen molar-refractivity contribution in [3.8, 4) is 11.5 Å². The second kappa shape index (κ2) is 7.74. The van der Waals surface area contributed by atoms with Crippen LogP contribution in [0, 0.1) is 5.82 Å². The molecule has 1 N–H and O–H groups in total. The van der Waals surface area contributed by atoms with Gasteiger partial charge in [-0.05, 0) is 30.3 Å². The second-order valence-electron chi connectivity index (χ2n) is 6.78. The third-order valence-electron chi connectivity index (χ3n) is 5.04. The molecule has 0 unspecified atom stereocenters. The molecule has 2 heterocycles. The van der Waals surface area contributed by atoms with Crippen molar-refractivity contribution in [2.75, 3.05) is 39.4 Å². The van der Waals surface area contributed by atoms with E-state index in [1.54, 1.807) is 30.3 Å². The number of piperazine rings is 1. The summed E-state index contributed by atoms with van der Waals surface area (Å²) in [4.78, 5) is 15.8. The van der Waals surface area contributed by atoms with E-state index in [9.17, 15) is 9.18 Å². The first-order chi connectivity index (χ1) is 13.1. The van der Waals surface area contributed by atoms with Gasteiger partial charge in [0.2, 0.25) is 0 Å².